The van der Waals surface area contributed by atoms with Crippen molar-refractivity contribution < 1.29 is 0 Å². The van der Waals surface area contributed by atoms with E-state index in [1.54, 1.807) is 11.1 Å². The lowest BCUT2D eigenvalue weighted by Crippen LogP contribution is -2.19. The number of hydrogen-bond donors (Lipinski definition) is 0. The second-order valence-corrected chi connectivity index (χ2v) is 4.86. The highest BCUT2D eigenvalue weighted by atomic mass is 14.2. The van der Waals surface area contributed by atoms with E-state index in [1.807, 2.05) is 0 Å². The SMILES string of the molecule is C1=c2ccc3c4c(ccc(c24)CC1)CCC=3. The lowest BCUT2D eigenvalue weighted by Gasteiger charge is -2.17. The highest BCUT2D eigenvalue weighted by Crippen LogP contribution is 2.24. The summed E-state index contributed by atoms with van der Waals surface area (Å²) in [6.07, 6.45) is 9.62. The normalized spacial score (nSPS) is 16.8. The minimum Gasteiger partial charge on any atom is -0.0763 e. The van der Waals surface area contributed by atoms with Gasteiger partial charge in [0.05, 0.1) is 0 Å². The molecule has 0 fully saturated rings. The summed E-state index contributed by atoms with van der Waals surface area (Å²) >= 11 is 0. The second-order valence-electron chi connectivity index (χ2n) is 4.86. The first-order valence-electron chi connectivity index (χ1n) is 6.17. The maximum atomic E-state index is 2.39. The Kier molecular flexibility index (Phi) is 1.59. The Labute approximate surface area is 94.9 Å². The van der Waals surface area contributed by atoms with Crippen LogP contribution in [0, 0.1) is 0 Å². The summed E-state index contributed by atoms with van der Waals surface area (Å²) in [7, 11) is 0. The van der Waals surface area contributed by atoms with Crippen molar-refractivity contribution in [3.05, 3.63) is 45.8 Å². The van der Waals surface area contributed by atoms with Gasteiger partial charge in [0.1, 0.15) is 0 Å². The van der Waals surface area contributed by atoms with Gasteiger partial charge in [-0.3, -0.25) is 0 Å². The van der Waals surface area contributed by atoms with Gasteiger partial charge in [-0.1, -0.05) is 36.4 Å². The first-order chi connectivity index (χ1) is 7.93. The zero-order chi connectivity index (χ0) is 10.5. The van der Waals surface area contributed by atoms with Crippen LogP contribution < -0.4 is 10.4 Å². The van der Waals surface area contributed by atoms with Crippen LogP contribution in [0.15, 0.2) is 24.3 Å². The van der Waals surface area contributed by atoms with Crippen molar-refractivity contribution in [1.82, 2.24) is 0 Å². The largest absolute Gasteiger partial charge is 0.0763 e. The molecular formula is C16H14. The third-order valence-electron chi connectivity index (χ3n) is 3.95. The molecule has 0 heteroatoms. The lowest BCUT2D eigenvalue weighted by atomic mass is 9.87. The molecule has 0 saturated heterocycles. The number of hydrogen-bond acceptors (Lipinski definition) is 0. The molecule has 0 atom stereocenters. The monoisotopic (exact) mass is 206 g/mol. The molecule has 0 spiro atoms. The first-order valence-corrected chi connectivity index (χ1v) is 6.17. The first kappa shape index (κ1) is 8.58. The van der Waals surface area contributed by atoms with Crippen LogP contribution in [0.1, 0.15) is 24.0 Å². The maximum Gasteiger partial charge on any atom is -0.00737 e. The van der Waals surface area contributed by atoms with E-state index in [2.05, 4.69) is 36.4 Å². The van der Waals surface area contributed by atoms with Gasteiger partial charge < -0.3 is 0 Å². The molecule has 2 aliphatic carbocycles. The van der Waals surface area contributed by atoms with Crippen LogP contribution >= 0.6 is 0 Å². The minimum atomic E-state index is 1.20. The summed E-state index contributed by atoms with van der Waals surface area (Å²) in [5, 5.41) is 5.99. The molecule has 78 valence electrons. The van der Waals surface area contributed by atoms with Crippen LogP contribution in [-0.4, -0.2) is 0 Å². The molecule has 2 aliphatic rings. The van der Waals surface area contributed by atoms with Crippen molar-refractivity contribution in [1.29, 1.82) is 0 Å². The molecule has 0 amide bonds. The second kappa shape index (κ2) is 2.98. The number of benzene rings is 2. The maximum absolute atomic E-state index is 2.39. The zero-order valence-corrected chi connectivity index (χ0v) is 9.29. The van der Waals surface area contributed by atoms with Crippen LogP contribution in [0.25, 0.3) is 22.9 Å². The highest BCUT2D eigenvalue weighted by molar-refractivity contribution is 5.92. The summed E-state index contributed by atoms with van der Waals surface area (Å²) in [5.41, 5.74) is 3.10. The molecule has 2 aromatic carbocycles. The molecule has 0 saturated carbocycles. The van der Waals surface area contributed by atoms with Gasteiger partial charge in [0.2, 0.25) is 0 Å². The summed E-state index contributed by atoms with van der Waals surface area (Å²) < 4.78 is 0. The van der Waals surface area contributed by atoms with Gasteiger partial charge >= 0.3 is 0 Å². The fourth-order valence-corrected chi connectivity index (χ4v) is 3.22. The van der Waals surface area contributed by atoms with Crippen molar-refractivity contribution >= 4 is 22.9 Å². The molecule has 0 aliphatic heterocycles. The number of rotatable bonds is 0. The molecule has 0 nitrogen and oxygen atoms in total. The van der Waals surface area contributed by atoms with E-state index in [0.717, 1.165) is 0 Å². The van der Waals surface area contributed by atoms with E-state index in [4.69, 9.17) is 0 Å². The smallest absolute Gasteiger partial charge is 0.00737 e. The van der Waals surface area contributed by atoms with E-state index >= 15 is 0 Å². The van der Waals surface area contributed by atoms with E-state index in [1.165, 1.54) is 46.9 Å². The highest BCUT2D eigenvalue weighted by Gasteiger charge is 2.12. The van der Waals surface area contributed by atoms with Crippen molar-refractivity contribution in [2.24, 2.45) is 0 Å². The summed E-state index contributed by atoms with van der Waals surface area (Å²) in [6, 6.07) is 9.30. The average molecular weight is 206 g/mol. The van der Waals surface area contributed by atoms with E-state index in [9.17, 15) is 0 Å². The van der Waals surface area contributed by atoms with Gasteiger partial charge in [0, 0.05) is 0 Å². The Morgan fingerprint density at radius 2 is 1.12 bits per heavy atom. The Morgan fingerprint density at radius 1 is 0.625 bits per heavy atom. The number of aryl methyl sites for hydroxylation is 2. The molecule has 0 N–H and O–H groups in total. The standard InChI is InChI=1S/C16H14/c1-3-11-7-9-13-5-2-6-14-10-8-12(4-1)15(11)16(13)14/h3,5,7-10H,1-2,4,6H2. The van der Waals surface area contributed by atoms with Crippen molar-refractivity contribution in [3.63, 3.8) is 0 Å². The molecule has 4 rings (SSSR count). The van der Waals surface area contributed by atoms with Crippen LogP contribution in [0.4, 0.5) is 0 Å². The Bertz CT molecular complexity index is 642. The molecule has 0 radical (unpaired) electrons. The molecule has 0 unspecified atom stereocenters. The third-order valence-corrected chi connectivity index (χ3v) is 3.95. The predicted octanol–water partition coefficient (Wildman–Crippen LogP) is 2.29. The minimum absolute atomic E-state index is 1.20. The fourth-order valence-electron chi connectivity index (χ4n) is 3.22. The predicted molar refractivity (Wildman–Crippen MR) is 68.8 cm³/mol. The van der Waals surface area contributed by atoms with E-state index in [0.29, 0.717) is 0 Å². The quantitative estimate of drug-likeness (QED) is 0.620. The third kappa shape index (κ3) is 0.996. The van der Waals surface area contributed by atoms with Crippen LogP contribution in [0.3, 0.4) is 0 Å². The molecule has 16 heavy (non-hydrogen) atoms. The van der Waals surface area contributed by atoms with Gasteiger partial charge in [0.15, 0.2) is 0 Å². The van der Waals surface area contributed by atoms with Crippen molar-refractivity contribution in [2.75, 3.05) is 0 Å². The van der Waals surface area contributed by atoms with Gasteiger partial charge in [-0.05, 0) is 58.0 Å². The van der Waals surface area contributed by atoms with E-state index in [-0.39, 0.29) is 0 Å². The van der Waals surface area contributed by atoms with Gasteiger partial charge in [-0.15, -0.1) is 0 Å². The summed E-state index contributed by atoms with van der Waals surface area (Å²) in [4.78, 5) is 0. The van der Waals surface area contributed by atoms with Crippen molar-refractivity contribution in [2.45, 2.75) is 25.7 Å². The van der Waals surface area contributed by atoms with Gasteiger partial charge in [0.25, 0.3) is 0 Å². The molecule has 0 heterocycles. The topological polar surface area (TPSA) is 0 Å². The molecular weight excluding hydrogens is 192 g/mol. The van der Waals surface area contributed by atoms with Crippen LogP contribution in [0.5, 0.6) is 0 Å². The lowest BCUT2D eigenvalue weighted by molar-refractivity contribution is 1.01. The van der Waals surface area contributed by atoms with Gasteiger partial charge in [-0.25, -0.2) is 0 Å². The summed E-state index contributed by atoms with van der Waals surface area (Å²) in [6.45, 7) is 0. The van der Waals surface area contributed by atoms with Crippen LogP contribution in [-0.2, 0) is 12.8 Å². The summed E-state index contributed by atoms with van der Waals surface area (Å²) in [5.74, 6) is 0. The van der Waals surface area contributed by atoms with E-state index < -0.39 is 0 Å². The Hall–Kier alpha value is -1.56. The molecule has 0 bridgehead atoms. The van der Waals surface area contributed by atoms with Crippen LogP contribution in [0.2, 0.25) is 0 Å². The van der Waals surface area contributed by atoms with Crippen molar-refractivity contribution in [3.8, 4) is 0 Å². The zero-order valence-electron chi connectivity index (χ0n) is 9.29. The fraction of sp³-hybridized carbons (Fsp3) is 0.250. The average Bonchev–Trinajstić information content (AvgIpc) is 2.36. The Balaban J connectivity index is 2.39. The molecule has 0 aromatic heterocycles. The Morgan fingerprint density at radius 3 is 1.62 bits per heavy atom. The molecule has 2 aromatic rings. The van der Waals surface area contributed by atoms with Gasteiger partial charge in [-0.2, -0.15) is 0 Å².